The number of phenolic OH excluding ortho intramolecular Hbond substituents is 1. The monoisotopic (exact) mass is 236 g/mol. The van der Waals surface area contributed by atoms with E-state index in [1.54, 1.807) is 6.07 Å². The fourth-order valence-corrected chi connectivity index (χ4v) is 4.03. The second-order valence-electron chi connectivity index (χ2n) is 4.61. The summed E-state index contributed by atoms with van der Waals surface area (Å²) >= 11 is 1.95. The Hall–Kier alpha value is -0.630. The molecule has 0 radical (unpaired) electrons. The lowest BCUT2D eigenvalue weighted by molar-refractivity contribution is 0.361. The highest BCUT2D eigenvalue weighted by Crippen LogP contribution is 2.39. The van der Waals surface area contributed by atoms with Gasteiger partial charge in [-0.15, -0.1) is 11.8 Å². The smallest absolute Gasteiger partial charge is 0.116 e. The topological polar surface area (TPSA) is 20.2 Å². The number of thioether (sulfide) groups is 1. The van der Waals surface area contributed by atoms with Crippen molar-refractivity contribution in [2.24, 2.45) is 5.92 Å². The summed E-state index contributed by atoms with van der Waals surface area (Å²) in [6.07, 6.45) is 6.77. The van der Waals surface area contributed by atoms with Crippen molar-refractivity contribution in [3.63, 3.8) is 0 Å². The molecule has 1 aromatic carbocycles. The van der Waals surface area contributed by atoms with Crippen LogP contribution in [0.25, 0.3) is 0 Å². The molecule has 1 nitrogen and oxygen atoms in total. The zero-order valence-corrected chi connectivity index (χ0v) is 10.7. The first kappa shape index (κ1) is 11.8. The quantitative estimate of drug-likeness (QED) is 0.836. The van der Waals surface area contributed by atoms with Gasteiger partial charge < -0.3 is 5.11 Å². The predicted octanol–water partition coefficient (Wildman–Crippen LogP) is 4.45. The molecule has 0 heterocycles. The molecule has 0 saturated heterocycles. The molecular formula is C14H20OS. The highest BCUT2D eigenvalue weighted by Gasteiger charge is 2.24. The molecule has 1 N–H and O–H groups in total. The minimum Gasteiger partial charge on any atom is -0.508 e. The summed E-state index contributed by atoms with van der Waals surface area (Å²) in [6, 6.07) is 7.65. The lowest BCUT2D eigenvalue weighted by atomic mass is 9.87. The minimum atomic E-state index is 0.383. The van der Waals surface area contributed by atoms with Crippen LogP contribution < -0.4 is 0 Å². The van der Waals surface area contributed by atoms with Gasteiger partial charge in [-0.3, -0.25) is 0 Å². The summed E-state index contributed by atoms with van der Waals surface area (Å²) < 4.78 is 0. The summed E-state index contributed by atoms with van der Waals surface area (Å²) in [5, 5.41) is 10.2. The van der Waals surface area contributed by atoms with E-state index in [1.807, 2.05) is 23.9 Å². The Kier molecular flexibility index (Phi) is 4.16. The number of hydrogen-bond donors (Lipinski definition) is 1. The number of benzene rings is 1. The van der Waals surface area contributed by atoms with Gasteiger partial charge in [0.15, 0.2) is 0 Å². The average molecular weight is 236 g/mol. The SMILES string of the molecule is CCC1CCCCC1Sc1cccc(O)c1. The van der Waals surface area contributed by atoms with Gasteiger partial charge in [-0.2, -0.15) is 0 Å². The van der Waals surface area contributed by atoms with Crippen molar-refractivity contribution in [3.05, 3.63) is 24.3 Å². The van der Waals surface area contributed by atoms with Crippen LogP contribution in [0.1, 0.15) is 39.0 Å². The van der Waals surface area contributed by atoms with Gasteiger partial charge in [0, 0.05) is 10.1 Å². The third-order valence-electron chi connectivity index (χ3n) is 3.47. The van der Waals surface area contributed by atoms with Crippen LogP contribution in [0.2, 0.25) is 0 Å². The van der Waals surface area contributed by atoms with Crippen LogP contribution >= 0.6 is 11.8 Å². The Balaban J connectivity index is 2.02. The normalized spacial score (nSPS) is 25.6. The molecule has 1 aliphatic rings. The summed E-state index contributed by atoms with van der Waals surface area (Å²) in [6.45, 7) is 2.30. The summed E-state index contributed by atoms with van der Waals surface area (Å²) in [5.41, 5.74) is 0. The molecule has 88 valence electrons. The number of rotatable bonds is 3. The first-order valence-electron chi connectivity index (χ1n) is 6.25. The van der Waals surface area contributed by atoms with E-state index in [-0.39, 0.29) is 0 Å². The molecule has 0 aliphatic heterocycles. The first-order chi connectivity index (χ1) is 7.79. The molecule has 0 aromatic heterocycles. The second kappa shape index (κ2) is 5.62. The molecule has 2 unspecified atom stereocenters. The number of hydrogen-bond acceptors (Lipinski definition) is 2. The van der Waals surface area contributed by atoms with Crippen LogP contribution in [0.3, 0.4) is 0 Å². The van der Waals surface area contributed by atoms with Gasteiger partial charge in [0.1, 0.15) is 5.75 Å². The molecule has 1 aliphatic carbocycles. The maximum absolute atomic E-state index is 9.45. The van der Waals surface area contributed by atoms with Crippen LogP contribution in [0, 0.1) is 5.92 Å². The summed E-state index contributed by atoms with van der Waals surface area (Å²) in [7, 11) is 0. The Morgan fingerprint density at radius 3 is 2.88 bits per heavy atom. The molecule has 16 heavy (non-hydrogen) atoms. The molecule has 2 atom stereocenters. The lowest BCUT2D eigenvalue weighted by Crippen LogP contribution is -2.20. The van der Waals surface area contributed by atoms with Crippen molar-refractivity contribution in [1.29, 1.82) is 0 Å². The van der Waals surface area contributed by atoms with Gasteiger partial charge in [0.25, 0.3) is 0 Å². The van der Waals surface area contributed by atoms with E-state index in [9.17, 15) is 5.11 Å². The highest BCUT2D eigenvalue weighted by atomic mass is 32.2. The minimum absolute atomic E-state index is 0.383. The molecule has 1 saturated carbocycles. The third kappa shape index (κ3) is 2.94. The molecule has 1 fully saturated rings. The van der Waals surface area contributed by atoms with Crippen molar-refractivity contribution < 1.29 is 5.11 Å². The van der Waals surface area contributed by atoms with Crippen molar-refractivity contribution in [2.75, 3.05) is 0 Å². The van der Waals surface area contributed by atoms with E-state index in [2.05, 4.69) is 13.0 Å². The van der Waals surface area contributed by atoms with Gasteiger partial charge in [0.05, 0.1) is 0 Å². The van der Waals surface area contributed by atoms with Crippen molar-refractivity contribution >= 4 is 11.8 Å². The molecule has 2 rings (SSSR count). The first-order valence-corrected chi connectivity index (χ1v) is 7.13. The Morgan fingerprint density at radius 2 is 2.12 bits per heavy atom. The molecule has 1 aromatic rings. The van der Waals surface area contributed by atoms with Crippen LogP contribution in [0.4, 0.5) is 0 Å². The van der Waals surface area contributed by atoms with Crippen LogP contribution in [0.15, 0.2) is 29.2 Å². The maximum atomic E-state index is 9.45. The van der Waals surface area contributed by atoms with Gasteiger partial charge in [-0.05, 0) is 37.0 Å². The zero-order valence-electron chi connectivity index (χ0n) is 9.86. The van der Waals surface area contributed by atoms with E-state index in [0.29, 0.717) is 5.75 Å². The number of phenols is 1. The largest absolute Gasteiger partial charge is 0.508 e. The Labute approximate surface area is 102 Å². The van der Waals surface area contributed by atoms with Crippen LogP contribution in [0.5, 0.6) is 5.75 Å². The molecular weight excluding hydrogens is 216 g/mol. The second-order valence-corrected chi connectivity index (χ2v) is 5.92. The van der Waals surface area contributed by atoms with Crippen LogP contribution in [-0.4, -0.2) is 10.4 Å². The van der Waals surface area contributed by atoms with E-state index >= 15 is 0 Å². The highest BCUT2D eigenvalue weighted by molar-refractivity contribution is 8.00. The van der Waals surface area contributed by atoms with E-state index in [1.165, 1.54) is 37.0 Å². The van der Waals surface area contributed by atoms with Gasteiger partial charge >= 0.3 is 0 Å². The molecule has 2 heteroatoms. The summed E-state index contributed by atoms with van der Waals surface area (Å²) in [4.78, 5) is 1.21. The Morgan fingerprint density at radius 1 is 1.31 bits per heavy atom. The predicted molar refractivity (Wildman–Crippen MR) is 70.0 cm³/mol. The number of aromatic hydroxyl groups is 1. The van der Waals surface area contributed by atoms with Gasteiger partial charge in [-0.25, -0.2) is 0 Å². The van der Waals surface area contributed by atoms with E-state index in [4.69, 9.17) is 0 Å². The third-order valence-corrected chi connectivity index (χ3v) is 4.92. The molecule has 0 bridgehead atoms. The van der Waals surface area contributed by atoms with E-state index < -0.39 is 0 Å². The Bertz CT molecular complexity index is 337. The fraction of sp³-hybridized carbons (Fsp3) is 0.571. The fourth-order valence-electron chi connectivity index (χ4n) is 2.53. The maximum Gasteiger partial charge on any atom is 0.116 e. The molecule has 0 amide bonds. The van der Waals surface area contributed by atoms with Crippen molar-refractivity contribution in [3.8, 4) is 5.75 Å². The summed E-state index contributed by atoms with van der Waals surface area (Å²) in [5.74, 6) is 1.25. The van der Waals surface area contributed by atoms with Crippen molar-refractivity contribution in [2.45, 2.75) is 49.2 Å². The zero-order chi connectivity index (χ0) is 11.4. The van der Waals surface area contributed by atoms with E-state index in [0.717, 1.165) is 11.2 Å². The van der Waals surface area contributed by atoms with Gasteiger partial charge in [-0.1, -0.05) is 32.3 Å². The average Bonchev–Trinajstić information content (AvgIpc) is 2.30. The van der Waals surface area contributed by atoms with Crippen LogP contribution in [-0.2, 0) is 0 Å². The van der Waals surface area contributed by atoms with Gasteiger partial charge in [0.2, 0.25) is 0 Å². The van der Waals surface area contributed by atoms with Crippen molar-refractivity contribution in [1.82, 2.24) is 0 Å². The molecule has 0 spiro atoms. The standard InChI is InChI=1S/C14H20OS/c1-2-11-6-3-4-9-14(11)16-13-8-5-7-12(15)10-13/h5,7-8,10-11,14-15H,2-4,6,9H2,1H3. The lowest BCUT2D eigenvalue weighted by Gasteiger charge is -2.30.